The van der Waals surface area contributed by atoms with Gasteiger partial charge in [-0.1, -0.05) is 30.3 Å². The molecule has 1 unspecified atom stereocenters. The lowest BCUT2D eigenvalue weighted by Crippen LogP contribution is -2.32. The van der Waals surface area contributed by atoms with Crippen LogP contribution in [0.5, 0.6) is 0 Å². The van der Waals surface area contributed by atoms with E-state index in [1.807, 2.05) is 25.2 Å². The molecule has 0 amide bonds. The zero-order chi connectivity index (χ0) is 10.2. The molecule has 3 nitrogen and oxygen atoms in total. The van der Waals surface area contributed by atoms with Crippen LogP contribution in [-0.4, -0.2) is 25.3 Å². The van der Waals surface area contributed by atoms with Crippen LogP contribution in [0, 0.1) is 0 Å². The maximum atomic E-state index is 8.66. The third-order valence-electron chi connectivity index (χ3n) is 2.10. The van der Waals surface area contributed by atoms with Crippen LogP contribution in [0.2, 0.25) is 0 Å². The van der Waals surface area contributed by atoms with Gasteiger partial charge in [0, 0.05) is 6.61 Å². The average molecular weight is 194 g/mol. The van der Waals surface area contributed by atoms with Gasteiger partial charge in [0.2, 0.25) is 0 Å². The fourth-order valence-electron chi connectivity index (χ4n) is 1.36. The number of hydrogen-bond donors (Lipinski definition) is 3. The maximum absolute atomic E-state index is 8.66. The lowest BCUT2D eigenvalue weighted by atomic mass is 10.2. The monoisotopic (exact) mass is 194 g/mol. The molecule has 0 aliphatic rings. The van der Waals surface area contributed by atoms with E-state index in [1.165, 1.54) is 5.56 Å². The van der Waals surface area contributed by atoms with Gasteiger partial charge >= 0.3 is 0 Å². The van der Waals surface area contributed by atoms with Crippen molar-refractivity contribution in [3.8, 4) is 0 Å². The standard InChI is InChI=1S/C11H18N2O/c1-12-11(13-8-5-9-14)10-6-3-2-4-7-10/h2-4,6-7,11-14H,5,8-9H2,1H3. The first kappa shape index (κ1) is 11.2. The molecular formula is C11H18N2O. The molecule has 0 aromatic heterocycles. The minimum Gasteiger partial charge on any atom is -0.396 e. The summed E-state index contributed by atoms with van der Waals surface area (Å²) in [6.45, 7) is 1.05. The summed E-state index contributed by atoms with van der Waals surface area (Å²) in [6, 6.07) is 10.2. The molecule has 0 bridgehead atoms. The summed E-state index contributed by atoms with van der Waals surface area (Å²) in [6.07, 6.45) is 0.952. The molecule has 1 atom stereocenters. The highest BCUT2D eigenvalue weighted by Gasteiger charge is 2.05. The van der Waals surface area contributed by atoms with E-state index < -0.39 is 0 Å². The normalized spacial score (nSPS) is 12.7. The zero-order valence-electron chi connectivity index (χ0n) is 8.53. The van der Waals surface area contributed by atoms with Crippen LogP contribution in [0.1, 0.15) is 18.2 Å². The molecule has 1 rings (SSSR count). The van der Waals surface area contributed by atoms with Crippen molar-refractivity contribution in [3.05, 3.63) is 35.9 Å². The van der Waals surface area contributed by atoms with Crippen molar-refractivity contribution in [3.63, 3.8) is 0 Å². The van der Waals surface area contributed by atoms with Crippen molar-refractivity contribution >= 4 is 0 Å². The van der Waals surface area contributed by atoms with Crippen LogP contribution in [0.4, 0.5) is 0 Å². The minimum absolute atomic E-state index is 0.169. The van der Waals surface area contributed by atoms with Crippen LogP contribution in [-0.2, 0) is 0 Å². The topological polar surface area (TPSA) is 44.3 Å². The molecule has 0 heterocycles. The molecule has 1 aromatic rings. The van der Waals surface area contributed by atoms with Gasteiger partial charge in [0.25, 0.3) is 0 Å². The Morgan fingerprint density at radius 1 is 1.29 bits per heavy atom. The number of aliphatic hydroxyl groups is 1. The van der Waals surface area contributed by atoms with E-state index in [4.69, 9.17) is 5.11 Å². The number of nitrogens with one attached hydrogen (secondary N) is 2. The first-order chi connectivity index (χ1) is 6.88. The van der Waals surface area contributed by atoms with E-state index in [1.54, 1.807) is 0 Å². The van der Waals surface area contributed by atoms with Crippen molar-refractivity contribution < 1.29 is 5.11 Å². The molecule has 1 aromatic carbocycles. The molecular weight excluding hydrogens is 176 g/mol. The SMILES string of the molecule is CNC(NCCCO)c1ccccc1. The van der Waals surface area contributed by atoms with Crippen LogP contribution < -0.4 is 10.6 Å². The molecule has 3 N–H and O–H groups in total. The molecule has 0 aliphatic carbocycles. The molecule has 0 saturated heterocycles. The fourth-order valence-corrected chi connectivity index (χ4v) is 1.36. The van der Waals surface area contributed by atoms with E-state index in [9.17, 15) is 0 Å². The van der Waals surface area contributed by atoms with E-state index >= 15 is 0 Å². The molecule has 14 heavy (non-hydrogen) atoms. The molecule has 0 aliphatic heterocycles. The second-order valence-corrected chi connectivity index (χ2v) is 3.16. The van der Waals surface area contributed by atoms with Crippen LogP contribution >= 0.6 is 0 Å². The van der Waals surface area contributed by atoms with Gasteiger partial charge in [-0.25, -0.2) is 0 Å². The van der Waals surface area contributed by atoms with Gasteiger partial charge in [-0.3, -0.25) is 5.32 Å². The molecule has 3 heteroatoms. The van der Waals surface area contributed by atoms with Crippen LogP contribution in [0.15, 0.2) is 30.3 Å². The Bertz CT molecular complexity index is 238. The van der Waals surface area contributed by atoms with E-state index in [-0.39, 0.29) is 12.8 Å². The third-order valence-corrected chi connectivity index (χ3v) is 2.10. The van der Waals surface area contributed by atoms with Gasteiger partial charge in [-0.05, 0) is 25.6 Å². The Balaban J connectivity index is 2.46. The van der Waals surface area contributed by atoms with E-state index in [2.05, 4.69) is 22.8 Å². The van der Waals surface area contributed by atoms with E-state index in [0.717, 1.165) is 13.0 Å². The second kappa shape index (κ2) is 6.54. The smallest absolute Gasteiger partial charge is 0.0833 e. The van der Waals surface area contributed by atoms with Crippen molar-refractivity contribution in [1.82, 2.24) is 10.6 Å². The average Bonchev–Trinajstić information content (AvgIpc) is 2.26. The van der Waals surface area contributed by atoms with Crippen molar-refractivity contribution in [1.29, 1.82) is 0 Å². The highest BCUT2D eigenvalue weighted by atomic mass is 16.3. The van der Waals surface area contributed by atoms with Gasteiger partial charge in [-0.2, -0.15) is 0 Å². The largest absolute Gasteiger partial charge is 0.396 e. The lowest BCUT2D eigenvalue weighted by molar-refractivity contribution is 0.281. The van der Waals surface area contributed by atoms with Crippen LogP contribution in [0.25, 0.3) is 0 Å². The quantitative estimate of drug-likeness (QED) is 0.465. The van der Waals surface area contributed by atoms with Gasteiger partial charge in [0.05, 0.1) is 6.17 Å². The highest BCUT2D eigenvalue weighted by Crippen LogP contribution is 2.07. The summed E-state index contributed by atoms with van der Waals surface area (Å²) in [4.78, 5) is 0. The van der Waals surface area contributed by atoms with Crippen molar-refractivity contribution in [2.45, 2.75) is 12.6 Å². The number of aliphatic hydroxyl groups excluding tert-OH is 1. The Hall–Kier alpha value is -0.900. The summed E-state index contributed by atoms with van der Waals surface area (Å²) in [5, 5.41) is 15.2. The molecule has 0 fully saturated rings. The summed E-state index contributed by atoms with van der Waals surface area (Å²) in [5.74, 6) is 0. The first-order valence-electron chi connectivity index (χ1n) is 4.95. The van der Waals surface area contributed by atoms with Crippen LogP contribution in [0.3, 0.4) is 0 Å². The highest BCUT2D eigenvalue weighted by molar-refractivity contribution is 5.18. The third kappa shape index (κ3) is 3.46. The molecule has 0 spiro atoms. The summed E-state index contributed by atoms with van der Waals surface area (Å²) in [7, 11) is 1.92. The Morgan fingerprint density at radius 2 is 2.00 bits per heavy atom. The number of benzene rings is 1. The van der Waals surface area contributed by atoms with E-state index in [0.29, 0.717) is 0 Å². The zero-order valence-corrected chi connectivity index (χ0v) is 8.53. The second-order valence-electron chi connectivity index (χ2n) is 3.16. The molecule has 78 valence electrons. The molecule has 0 radical (unpaired) electrons. The van der Waals surface area contributed by atoms with Crippen molar-refractivity contribution in [2.75, 3.05) is 20.2 Å². The fraction of sp³-hybridized carbons (Fsp3) is 0.455. The number of hydrogen-bond acceptors (Lipinski definition) is 3. The number of rotatable bonds is 6. The van der Waals surface area contributed by atoms with Crippen molar-refractivity contribution in [2.24, 2.45) is 0 Å². The Kier molecular flexibility index (Phi) is 5.22. The summed E-state index contributed by atoms with van der Waals surface area (Å²) >= 11 is 0. The predicted molar refractivity (Wildman–Crippen MR) is 57.9 cm³/mol. The van der Waals surface area contributed by atoms with Gasteiger partial charge in [-0.15, -0.1) is 0 Å². The first-order valence-corrected chi connectivity index (χ1v) is 4.95. The predicted octanol–water partition coefficient (Wildman–Crippen LogP) is 0.877. The van der Waals surface area contributed by atoms with Gasteiger partial charge < -0.3 is 10.4 Å². The van der Waals surface area contributed by atoms with Gasteiger partial charge in [0.15, 0.2) is 0 Å². The van der Waals surface area contributed by atoms with Gasteiger partial charge in [0.1, 0.15) is 0 Å². The Morgan fingerprint density at radius 3 is 2.57 bits per heavy atom. The Labute approximate surface area is 85.2 Å². The maximum Gasteiger partial charge on any atom is 0.0833 e. The minimum atomic E-state index is 0.169. The summed E-state index contributed by atoms with van der Waals surface area (Å²) in [5.41, 5.74) is 1.22. The lowest BCUT2D eigenvalue weighted by Gasteiger charge is -2.17. The summed E-state index contributed by atoms with van der Waals surface area (Å²) < 4.78 is 0. The molecule has 0 saturated carbocycles.